The maximum Gasteiger partial charge on any atom is 0.230 e. The van der Waals surface area contributed by atoms with Crippen LogP contribution in [-0.4, -0.2) is 4.92 Å². The van der Waals surface area contributed by atoms with Gasteiger partial charge in [-0.1, -0.05) is 20.3 Å². The van der Waals surface area contributed by atoms with Crippen molar-refractivity contribution in [2.75, 3.05) is 0 Å². The highest BCUT2D eigenvalue weighted by atomic mass is 16.6. The largest absolute Gasteiger partial charge is 0.259 e. The van der Waals surface area contributed by atoms with Gasteiger partial charge in [0, 0.05) is 0 Å². The van der Waals surface area contributed by atoms with Gasteiger partial charge < -0.3 is 0 Å². The summed E-state index contributed by atoms with van der Waals surface area (Å²) in [6, 6.07) is 0. The van der Waals surface area contributed by atoms with E-state index in [9.17, 15) is 10.1 Å². The van der Waals surface area contributed by atoms with E-state index in [2.05, 4.69) is 6.92 Å². The van der Waals surface area contributed by atoms with Gasteiger partial charge in [-0.25, -0.2) is 0 Å². The van der Waals surface area contributed by atoms with Crippen LogP contribution in [0.4, 0.5) is 0 Å². The highest BCUT2D eigenvalue weighted by molar-refractivity contribution is 4.78. The maximum absolute atomic E-state index is 9.83. The summed E-state index contributed by atoms with van der Waals surface area (Å²) in [4.78, 5) is 9.40. The minimum absolute atomic E-state index is 0.329. The van der Waals surface area contributed by atoms with Crippen molar-refractivity contribution < 1.29 is 4.92 Å². The van der Waals surface area contributed by atoms with E-state index in [-0.39, 0.29) is 0 Å². The first-order valence-corrected chi connectivity index (χ1v) is 3.48. The van der Waals surface area contributed by atoms with Crippen molar-refractivity contribution >= 4 is 0 Å². The van der Waals surface area contributed by atoms with Gasteiger partial charge in [0.25, 0.3) is 0 Å². The number of nitro groups is 1. The highest BCUT2D eigenvalue weighted by Gasteiger charge is 1.95. The molecule has 0 aromatic heterocycles. The Morgan fingerprint density at radius 1 is 1.70 bits per heavy atom. The van der Waals surface area contributed by atoms with Gasteiger partial charge >= 0.3 is 0 Å². The van der Waals surface area contributed by atoms with Crippen LogP contribution in [0.5, 0.6) is 0 Å². The second-order valence-corrected chi connectivity index (χ2v) is 2.39. The Hall–Kier alpha value is -0.860. The second-order valence-electron chi connectivity index (χ2n) is 2.39. The molecule has 0 amide bonds. The lowest BCUT2D eigenvalue weighted by Crippen LogP contribution is -1.90. The van der Waals surface area contributed by atoms with E-state index < -0.39 is 4.92 Å². The SMILES string of the molecule is CCCC(C)C=C[N+](=O)[O-]. The minimum atomic E-state index is -0.424. The average Bonchev–Trinajstić information content (AvgIpc) is 1.85. The predicted molar refractivity (Wildman–Crippen MR) is 40.2 cm³/mol. The minimum Gasteiger partial charge on any atom is -0.259 e. The summed E-state index contributed by atoms with van der Waals surface area (Å²) in [5.41, 5.74) is 0. The zero-order chi connectivity index (χ0) is 7.98. The van der Waals surface area contributed by atoms with Crippen LogP contribution in [-0.2, 0) is 0 Å². The third kappa shape index (κ3) is 5.28. The lowest BCUT2D eigenvalue weighted by molar-refractivity contribution is -0.402. The Morgan fingerprint density at radius 2 is 2.30 bits per heavy atom. The topological polar surface area (TPSA) is 43.1 Å². The molecule has 0 saturated carbocycles. The van der Waals surface area contributed by atoms with Gasteiger partial charge in [-0.3, -0.25) is 10.1 Å². The first-order valence-electron chi connectivity index (χ1n) is 3.48. The number of nitrogens with zero attached hydrogens (tertiary/aromatic N) is 1. The molecule has 0 saturated heterocycles. The number of allylic oxidation sites excluding steroid dienone is 1. The van der Waals surface area contributed by atoms with Gasteiger partial charge in [0.15, 0.2) is 0 Å². The number of hydrogen-bond acceptors (Lipinski definition) is 2. The summed E-state index contributed by atoms with van der Waals surface area (Å²) >= 11 is 0. The van der Waals surface area contributed by atoms with Crippen molar-refractivity contribution in [3.63, 3.8) is 0 Å². The van der Waals surface area contributed by atoms with Crippen molar-refractivity contribution in [2.24, 2.45) is 5.92 Å². The van der Waals surface area contributed by atoms with Crippen LogP contribution in [0.2, 0.25) is 0 Å². The first kappa shape index (κ1) is 9.14. The van der Waals surface area contributed by atoms with Crippen molar-refractivity contribution in [1.29, 1.82) is 0 Å². The van der Waals surface area contributed by atoms with E-state index in [0.717, 1.165) is 19.0 Å². The summed E-state index contributed by atoms with van der Waals surface area (Å²) < 4.78 is 0. The molecule has 0 aromatic rings. The van der Waals surface area contributed by atoms with E-state index in [1.54, 1.807) is 6.08 Å². The van der Waals surface area contributed by atoms with Gasteiger partial charge in [-0.05, 0) is 18.4 Å². The Morgan fingerprint density at radius 3 is 2.70 bits per heavy atom. The first-order chi connectivity index (χ1) is 4.66. The molecule has 1 atom stereocenters. The van der Waals surface area contributed by atoms with E-state index in [1.807, 2.05) is 6.92 Å². The van der Waals surface area contributed by atoms with Crippen LogP contribution in [0.25, 0.3) is 0 Å². The van der Waals surface area contributed by atoms with Crippen molar-refractivity contribution in [2.45, 2.75) is 26.7 Å². The normalized spacial score (nSPS) is 13.8. The molecule has 0 bridgehead atoms. The van der Waals surface area contributed by atoms with E-state index in [0.29, 0.717) is 5.92 Å². The van der Waals surface area contributed by atoms with Gasteiger partial charge in [0.05, 0.1) is 4.92 Å². The molecular weight excluding hydrogens is 130 g/mol. The van der Waals surface area contributed by atoms with Crippen LogP contribution in [0, 0.1) is 16.0 Å². The molecule has 0 N–H and O–H groups in total. The lowest BCUT2D eigenvalue weighted by atomic mass is 10.1. The average molecular weight is 143 g/mol. The molecule has 0 aliphatic carbocycles. The van der Waals surface area contributed by atoms with Gasteiger partial charge in [0.1, 0.15) is 0 Å². The Bertz CT molecular complexity index is 132. The second kappa shape index (κ2) is 4.97. The molecule has 0 spiro atoms. The molecule has 3 nitrogen and oxygen atoms in total. The number of hydrogen-bond donors (Lipinski definition) is 0. The summed E-state index contributed by atoms with van der Waals surface area (Å²) in [6.45, 7) is 4.04. The fourth-order valence-electron chi connectivity index (χ4n) is 0.769. The van der Waals surface area contributed by atoms with Crippen LogP contribution < -0.4 is 0 Å². The van der Waals surface area contributed by atoms with Crippen molar-refractivity contribution in [1.82, 2.24) is 0 Å². The zero-order valence-corrected chi connectivity index (χ0v) is 6.41. The number of rotatable bonds is 4. The molecule has 0 radical (unpaired) electrons. The summed E-state index contributed by atoms with van der Waals surface area (Å²) in [5.74, 6) is 0.329. The molecule has 10 heavy (non-hydrogen) atoms. The Balaban J connectivity index is 3.55. The van der Waals surface area contributed by atoms with Crippen LogP contribution in [0.3, 0.4) is 0 Å². The molecule has 0 aliphatic rings. The van der Waals surface area contributed by atoms with Gasteiger partial charge in [0.2, 0.25) is 6.20 Å². The third-order valence-electron chi connectivity index (χ3n) is 1.28. The smallest absolute Gasteiger partial charge is 0.230 e. The Labute approximate surface area is 60.9 Å². The molecule has 58 valence electrons. The summed E-state index contributed by atoms with van der Waals surface area (Å²) in [6.07, 6.45) is 4.73. The lowest BCUT2D eigenvalue weighted by Gasteiger charge is -1.98. The van der Waals surface area contributed by atoms with E-state index in [1.165, 1.54) is 0 Å². The molecule has 0 fully saturated rings. The van der Waals surface area contributed by atoms with Crippen LogP contribution in [0.15, 0.2) is 12.3 Å². The molecule has 0 aromatic carbocycles. The predicted octanol–water partition coefficient (Wildman–Crippen LogP) is 2.21. The highest BCUT2D eigenvalue weighted by Crippen LogP contribution is 2.05. The van der Waals surface area contributed by atoms with Crippen molar-refractivity contribution in [3.8, 4) is 0 Å². The standard InChI is InChI=1S/C7H13NO2/c1-3-4-7(2)5-6-8(9)10/h5-7H,3-4H2,1-2H3. The molecule has 0 aliphatic heterocycles. The van der Waals surface area contributed by atoms with E-state index in [4.69, 9.17) is 0 Å². The fraction of sp³-hybridized carbons (Fsp3) is 0.714. The van der Waals surface area contributed by atoms with Crippen LogP contribution >= 0.6 is 0 Å². The van der Waals surface area contributed by atoms with Gasteiger partial charge in [-0.2, -0.15) is 0 Å². The maximum atomic E-state index is 9.83. The van der Waals surface area contributed by atoms with Crippen LogP contribution in [0.1, 0.15) is 26.7 Å². The zero-order valence-electron chi connectivity index (χ0n) is 6.41. The fourth-order valence-corrected chi connectivity index (χ4v) is 0.769. The quantitative estimate of drug-likeness (QED) is 0.447. The van der Waals surface area contributed by atoms with E-state index >= 15 is 0 Å². The summed E-state index contributed by atoms with van der Waals surface area (Å²) in [7, 11) is 0. The molecule has 0 rings (SSSR count). The summed E-state index contributed by atoms with van der Waals surface area (Å²) in [5, 5.41) is 9.83. The Kier molecular flexibility index (Phi) is 4.54. The monoisotopic (exact) mass is 143 g/mol. The van der Waals surface area contributed by atoms with Crippen molar-refractivity contribution in [3.05, 3.63) is 22.4 Å². The molecular formula is C7H13NO2. The third-order valence-corrected chi connectivity index (χ3v) is 1.28. The molecule has 0 heterocycles. The molecule has 1 unspecified atom stereocenters. The van der Waals surface area contributed by atoms with Gasteiger partial charge in [-0.15, -0.1) is 0 Å². The molecule has 3 heteroatoms.